The molecular formula is C19H19F11O2. The molecule has 1 aliphatic carbocycles. The molecule has 13 heteroatoms. The van der Waals surface area contributed by atoms with Gasteiger partial charge in [0.1, 0.15) is 5.75 Å². The van der Waals surface area contributed by atoms with Crippen molar-refractivity contribution in [1.29, 1.82) is 0 Å². The molecule has 1 fully saturated rings. The lowest BCUT2D eigenvalue weighted by molar-refractivity contribution is -0.488. The van der Waals surface area contributed by atoms with Crippen molar-refractivity contribution in [3.05, 3.63) is 29.8 Å². The Kier molecular flexibility index (Phi) is 6.08. The van der Waals surface area contributed by atoms with Gasteiger partial charge >= 0.3 is 29.6 Å². The number of aliphatic hydroxyl groups is 1. The summed E-state index contributed by atoms with van der Waals surface area (Å²) in [5, 5.41) is 10.5. The van der Waals surface area contributed by atoms with Gasteiger partial charge < -0.3 is 9.84 Å². The van der Waals surface area contributed by atoms with Gasteiger partial charge in [0.05, 0.1) is 12.2 Å². The molecule has 32 heavy (non-hydrogen) atoms. The highest BCUT2D eigenvalue weighted by Gasteiger charge is 3.01. The molecule has 2 nitrogen and oxygen atoms in total. The second-order valence-corrected chi connectivity index (χ2v) is 8.32. The number of benzene rings is 1. The Hall–Kier alpha value is -1.79. The van der Waals surface area contributed by atoms with E-state index in [-0.39, 0.29) is 18.3 Å². The molecule has 2 rings (SSSR count). The first kappa shape index (κ1) is 26.5. The van der Waals surface area contributed by atoms with Crippen LogP contribution in [0.15, 0.2) is 24.3 Å². The molecule has 1 aliphatic rings. The van der Waals surface area contributed by atoms with Crippen LogP contribution in [-0.2, 0) is 5.60 Å². The van der Waals surface area contributed by atoms with E-state index in [0.29, 0.717) is 6.92 Å². The quantitative estimate of drug-likeness (QED) is 0.482. The normalized spacial score (nSPS) is 26.4. The Morgan fingerprint density at radius 2 is 1.19 bits per heavy atom. The molecule has 1 aromatic carbocycles. The van der Waals surface area contributed by atoms with Gasteiger partial charge in [-0.15, -0.1) is 0 Å². The third-order valence-electron chi connectivity index (χ3n) is 5.20. The van der Waals surface area contributed by atoms with Crippen molar-refractivity contribution in [1.82, 2.24) is 0 Å². The van der Waals surface area contributed by atoms with Crippen molar-refractivity contribution in [3.63, 3.8) is 0 Å². The van der Waals surface area contributed by atoms with E-state index in [1.807, 2.05) is 0 Å². The third-order valence-corrected chi connectivity index (χ3v) is 5.20. The van der Waals surface area contributed by atoms with Crippen LogP contribution >= 0.6 is 0 Å². The SMILES string of the molecule is CC(C)COc1ccccc1C(C)(O)CC1(F)C(F)(F)C(F)(F)C(F)(F)C(F)(F)C1(F)F. The molecule has 0 radical (unpaired) electrons. The summed E-state index contributed by atoms with van der Waals surface area (Å²) in [6.45, 7) is 3.64. The maximum atomic E-state index is 15.1. The van der Waals surface area contributed by atoms with Gasteiger partial charge in [0.25, 0.3) is 5.67 Å². The Bertz CT molecular complexity index is 819. The zero-order valence-electron chi connectivity index (χ0n) is 16.8. The zero-order valence-corrected chi connectivity index (χ0v) is 16.8. The molecule has 0 spiro atoms. The fraction of sp³-hybridized carbons (Fsp3) is 0.684. The molecule has 0 aliphatic heterocycles. The first-order chi connectivity index (χ1) is 14.1. The van der Waals surface area contributed by atoms with E-state index in [0.717, 1.165) is 18.2 Å². The second kappa shape index (κ2) is 7.36. The summed E-state index contributed by atoms with van der Waals surface area (Å²) in [5.74, 6) is -36.3. The molecule has 0 aromatic heterocycles. The fourth-order valence-corrected chi connectivity index (χ4v) is 3.37. The number of para-hydroxylation sites is 1. The van der Waals surface area contributed by atoms with Crippen molar-refractivity contribution in [2.45, 2.75) is 68.1 Å². The lowest BCUT2D eigenvalue weighted by atomic mass is 9.67. The molecule has 0 bridgehead atoms. The van der Waals surface area contributed by atoms with E-state index in [4.69, 9.17) is 4.74 Å². The van der Waals surface area contributed by atoms with Gasteiger partial charge in [-0.25, -0.2) is 4.39 Å². The molecule has 1 unspecified atom stereocenters. The molecule has 1 aromatic rings. The van der Waals surface area contributed by atoms with Crippen molar-refractivity contribution in [3.8, 4) is 5.75 Å². The fourth-order valence-electron chi connectivity index (χ4n) is 3.37. The molecule has 184 valence electrons. The van der Waals surface area contributed by atoms with Gasteiger partial charge in [-0.2, -0.15) is 43.9 Å². The predicted octanol–water partition coefficient (Wildman–Crippen LogP) is 6.22. The van der Waals surface area contributed by atoms with Crippen LogP contribution in [0.2, 0.25) is 0 Å². The molecule has 1 saturated carbocycles. The number of ether oxygens (including phenoxy) is 1. The summed E-state index contributed by atoms with van der Waals surface area (Å²) in [7, 11) is 0. The van der Waals surface area contributed by atoms with Gasteiger partial charge in [0, 0.05) is 12.0 Å². The Morgan fingerprint density at radius 3 is 1.62 bits per heavy atom. The first-order valence-electron chi connectivity index (χ1n) is 9.14. The monoisotopic (exact) mass is 488 g/mol. The van der Waals surface area contributed by atoms with Gasteiger partial charge in [-0.3, -0.25) is 0 Å². The smallest absolute Gasteiger partial charge is 0.384 e. The number of halogens is 11. The van der Waals surface area contributed by atoms with Crippen LogP contribution in [-0.4, -0.2) is 47.0 Å². The summed E-state index contributed by atoms with van der Waals surface area (Å²) in [5.41, 5.74) is -10.2. The highest BCUT2D eigenvalue weighted by atomic mass is 19.4. The van der Waals surface area contributed by atoms with Crippen LogP contribution in [0.1, 0.15) is 32.8 Å². The maximum Gasteiger partial charge on any atom is 0.384 e. The average Bonchev–Trinajstić information content (AvgIpc) is 2.64. The van der Waals surface area contributed by atoms with Crippen molar-refractivity contribution in [2.24, 2.45) is 5.92 Å². The van der Waals surface area contributed by atoms with Gasteiger partial charge in [0.15, 0.2) is 0 Å². The maximum absolute atomic E-state index is 15.1. The van der Waals surface area contributed by atoms with E-state index < -0.39 is 52.9 Å². The van der Waals surface area contributed by atoms with Crippen LogP contribution in [0.5, 0.6) is 5.75 Å². The van der Waals surface area contributed by atoms with Gasteiger partial charge in [-0.05, 0) is 18.9 Å². The Balaban J connectivity index is 2.66. The highest BCUT2D eigenvalue weighted by molar-refractivity contribution is 5.39. The molecule has 0 saturated heterocycles. The van der Waals surface area contributed by atoms with Crippen LogP contribution in [0.3, 0.4) is 0 Å². The summed E-state index contributed by atoms with van der Waals surface area (Å²) < 4.78 is 159. The number of rotatable bonds is 6. The standard InChI is InChI=1S/C19H19F11O2/c1-10(2)8-32-12-7-5-4-6-11(12)13(3,31)9-14(20)15(21,22)17(25,26)19(29,30)18(27,28)16(14,23)24/h4-7,10,31H,8-9H2,1-3H3. The van der Waals surface area contributed by atoms with E-state index in [1.165, 1.54) is 6.07 Å². The largest absolute Gasteiger partial charge is 0.493 e. The first-order valence-corrected chi connectivity index (χ1v) is 9.14. The lowest BCUT2D eigenvalue weighted by Gasteiger charge is -2.53. The second-order valence-electron chi connectivity index (χ2n) is 8.32. The van der Waals surface area contributed by atoms with Gasteiger partial charge in [0.2, 0.25) is 0 Å². The molecule has 0 amide bonds. The van der Waals surface area contributed by atoms with Crippen molar-refractivity contribution < 1.29 is 58.1 Å². The van der Waals surface area contributed by atoms with Crippen LogP contribution in [0.4, 0.5) is 48.3 Å². The van der Waals surface area contributed by atoms with E-state index in [2.05, 4.69) is 0 Å². The number of alkyl halides is 11. The van der Waals surface area contributed by atoms with Crippen LogP contribution < -0.4 is 4.74 Å². The van der Waals surface area contributed by atoms with Crippen molar-refractivity contribution >= 4 is 0 Å². The van der Waals surface area contributed by atoms with E-state index in [1.54, 1.807) is 13.8 Å². The predicted molar refractivity (Wildman–Crippen MR) is 89.5 cm³/mol. The number of hydrogen-bond donors (Lipinski definition) is 1. The van der Waals surface area contributed by atoms with Crippen LogP contribution in [0.25, 0.3) is 0 Å². The third kappa shape index (κ3) is 3.25. The van der Waals surface area contributed by atoms with Crippen molar-refractivity contribution in [2.75, 3.05) is 6.61 Å². The Labute approximate surface area is 175 Å². The summed E-state index contributed by atoms with van der Waals surface area (Å²) in [4.78, 5) is 0. The molecular weight excluding hydrogens is 469 g/mol. The highest BCUT2D eigenvalue weighted by Crippen LogP contribution is 2.71. The summed E-state index contributed by atoms with van der Waals surface area (Å²) in [6, 6.07) is 4.33. The lowest BCUT2D eigenvalue weighted by Crippen LogP contribution is -2.84. The molecule has 1 atom stereocenters. The van der Waals surface area contributed by atoms with E-state index >= 15 is 4.39 Å². The topological polar surface area (TPSA) is 29.5 Å². The Morgan fingerprint density at radius 1 is 0.781 bits per heavy atom. The number of hydrogen-bond acceptors (Lipinski definition) is 2. The minimum Gasteiger partial charge on any atom is -0.493 e. The van der Waals surface area contributed by atoms with Gasteiger partial charge in [-0.1, -0.05) is 32.0 Å². The minimum atomic E-state index is -7.30. The zero-order chi connectivity index (χ0) is 25.2. The summed E-state index contributed by atoms with van der Waals surface area (Å²) >= 11 is 0. The minimum absolute atomic E-state index is 0.0808. The molecule has 0 heterocycles. The van der Waals surface area contributed by atoms with E-state index in [9.17, 15) is 49.0 Å². The van der Waals surface area contributed by atoms with Crippen LogP contribution in [0, 0.1) is 5.92 Å². The summed E-state index contributed by atoms with van der Waals surface area (Å²) in [6.07, 6.45) is -2.79. The average molecular weight is 488 g/mol. The molecule has 1 N–H and O–H groups in total.